The molecule has 0 fully saturated rings. The highest BCUT2D eigenvalue weighted by atomic mass is 79.9. The molecule has 1 rings (SSSR count). The lowest BCUT2D eigenvalue weighted by atomic mass is 10.4. The monoisotopic (exact) mass is 271 g/mol. The highest BCUT2D eigenvalue weighted by Gasteiger charge is 1.94. The van der Waals surface area contributed by atoms with E-state index in [2.05, 4.69) is 27.8 Å². The Morgan fingerprint density at radius 1 is 1.64 bits per heavy atom. The molecule has 1 heterocycles. The predicted molar refractivity (Wildman–Crippen MR) is 64.3 cm³/mol. The maximum atomic E-state index is 11.1. The van der Waals surface area contributed by atoms with Crippen molar-refractivity contribution in [1.29, 1.82) is 0 Å². The Hall–Kier alpha value is -0.870. The van der Waals surface area contributed by atoms with Crippen LogP contribution in [0, 0.1) is 0 Å². The molecule has 1 aromatic heterocycles. The molecule has 0 saturated carbocycles. The first-order chi connectivity index (χ1) is 6.72. The average molecular weight is 272 g/mol. The van der Waals surface area contributed by atoms with Crippen LogP contribution in [0.25, 0.3) is 6.08 Å². The van der Waals surface area contributed by atoms with Crippen LogP contribution in [0.4, 0.5) is 0 Å². The summed E-state index contributed by atoms with van der Waals surface area (Å²) in [5.74, 6) is -0.102. The number of hydrogen-bond acceptors (Lipinski definition) is 2. The summed E-state index contributed by atoms with van der Waals surface area (Å²) in [4.78, 5) is 12.2. The summed E-state index contributed by atoms with van der Waals surface area (Å²) in [6, 6.07) is 3.90. The topological polar surface area (TPSA) is 29.1 Å². The van der Waals surface area contributed by atoms with E-state index in [0.717, 1.165) is 8.66 Å². The van der Waals surface area contributed by atoms with Crippen molar-refractivity contribution in [2.45, 2.75) is 0 Å². The summed E-state index contributed by atoms with van der Waals surface area (Å²) in [6.45, 7) is 4.01. The number of halogens is 1. The molecule has 4 heteroatoms. The second kappa shape index (κ2) is 5.78. The van der Waals surface area contributed by atoms with Gasteiger partial charge in [-0.15, -0.1) is 17.9 Å². The van der Waals surface area contributed by atoms with E-state index in [0.29, 0.717) is 6.54 Å². The van der Waals surface area contributed by atoms with Gasteiger partial charge in [0.25, 0.3) is 0 Å². The molecule has 0 aliphatic rings. The number of nitrogens with one attached hydrogen (secondary N) is 1. The molecule has 1 aromatic rings. The summed E-state index contributed by atoms with van der Waals surface area (Å²) in [6.07, 6.45) is 4.95. The fraction of sp³-hybridized carbons (Fsp3) is 0.100. The number of thiophene rings is 1. The first-order valence-corrected chi connectivity index (χ1v) is 5.65. The molecule has 1 N–H and O–H groups in total. The van der Waals surface area contributed by atoms with Gasteiger partial charge in [0.05, 0.1) is 3.79 Å². The van der Waals surface area contributed by atoms with Crippen LogP contribution in [-0.2, 0) is 4.79 Å². The number of hydrogen-bond donors (Lipinski definition) is 1. The SMILES string of the molecule is C=CCNC(=O)/C=C/c1ccc(Br)s1. The minimum atomic E-state index is -0.102. The Kier molecular flexibility index (Phi) is 4.62. The zero-order chi connectivity index (χ0) is 10.4. The van der Waals surface area contributed by atoms with E-state index in [1.165, 1.54) is 6.08 Å². The molecular weight excluding hydrogens is 262 g/mol. The van der Waals surface area contributed by atoms with Crippen LogP contribution >= 0.6 is 27.3 Å². The number of carbonyl (C=O) groups is 1. The Morgan fingerprint density at radius 3 is 3.00 bits per heavy atom. The van der Waals surface area contributed by atoms with Crippen LogP contribution in [-0.4, -0.2) is 12.5 Å². The minimum Gasteiger partial charge on any atom is -0.349 e. The van der Waals surface area contributed by atoms with Crippen LogP contribution in [0.3, 0.4) is 0 Å². The third kappa shape index (κ3) is 3.89. The van der Waals surface area contributed by atoms with Gasteiger partial charge < -0.3 is 5.32 Å². The highest BCUT2D eigenvalue weighted by Crippen LogP contribution is 2.22. The van der Waals surface area contributed by atoms with Crippen LogP contribution in [0.15, 0.2) is 34.7 Å². The third-order valence-electron chi connectivity index (χ3n) is 1.41. The van der Waals surface area contributed by atoms with Gasteiger partial charge in [-0.3, -0.25) is 4.79 Å². The Labute approximate surface area is 95.5 Å². The van der Waals surface area contributed by atoms with Gasteiger partial charge in [0.15, 0.2) is 0 Å². The predicted octanol–water partition coefficient (Wildman–Crippen LogP) is 2.83. The molecule has 0 atom stereocenters. The summed E-state index contributed by atoms with van der Waals surface area (Å²) in [7, 11) is 0. The van der Waals surface area contributed by atoms with E-state index >= 15 is 0 Å². The maximum absolute atomic E-state index is 11.1. The molecule has 0 aromatic carbocycles. The van der Waals surface area contributed by atoms with Gasteiger partial charge in [0.1, 0.15) is 0 Å². The van der Waals surface area contributed by atoms with E-state index < -0.39 is 0 Å². The number of rotatable bonds is 4. The Morgan fingerprint density at radius 2 is 2.43 bits per heavy atom. The lowest BCUT2D eigenvalue weighted by molar-refractivity contribution is -0.116. The zero-order valence-electron chi connectivity index (χ0n) is 7.50. The van der Waals surface area contributed by atoms with Crippen molar-refractivity contribution >= 4 is 39.2 Å². The lowest BCUT2D eigenvalue weighted by Gasteiger charge is -1.94. The molecule has 0 aliphatic carbocycles. The van der Waals surface area contributed by atoms with E-state index in [9.17, 15) is 4.79 Å². The largest absolute Gasteiger partial charge is 0.349 e. The zero-order valence-corrected chi connectivity index (χ0v) is 9.90. The summed E-state index contributed by atoms with van der Waals surface area (Å²) >= 11 is 4.94. The van der Waals surface area contributed by atoms with Gasteiger partial charge in [-0.2, -0.15) is 0 Å². The molecule has 14 heavy (non-hydrogen) atoms. The van der Waals surface area contributed by atoms with Gasteiger partial charge in [-0.1, -0.05) is 6.08 Å². The summed E-state index contributed by atoms with van der Waals surface area (Å²) < 4.78 is 1.06. The number of amides is 1. The first-order valence-electron chi connectivity index (χ1n) is 4.04. The molecule has 0 radical (unpaired) electrons. The van der Waals surface area contributed by atoms with E-state index in [4.69, 9.17) is 0 Å². The van der Waals surface area contributed by atoms with Gasteiger partial charge in [0.2, 0.25) is 5.91 Å². The molecule has 1 amide bonds. The van der Waals surface area contributed by atoms with Crippen LogP contribution in [0.5, 0.6) is 0 Å². The van der Waals surface area contributed by atoms with Crippen molar-refractivity contribution in [3.8, 4) is 0 Å². The standard InChI is InChI=1S/C10H10BrNOS/c1-2-7-12-10(13)6-4-8-3-5-9(11)14-8/h2-6H,1,7H2,(H,12,13)/b6-4+. The summed E-state index contributed by atoms with van der Waals surface area (Å²) in [5.41, 5.74) is 0. The van der Waals surface area contributed by atoms with Crippen molar-refractivity contribution in [1.82, 2.24) is 5.32 Å². The van der Waals surface area contributed by atoms with Crippen LogP contribution in [0.2, 0.25) is 0 Å². The maximum Gasteiger partial charge on any atom is 0.244 e. The van der Waals surface area contributed by atoms with Gasteiger partial charge in [0, 0.05) is 17.5 Å². The van der Waals surface area contributed by atoms with Crippen molar-refractivity contribution in [2.24, 2.45) is 0 Å². The second-order valence-corrected chi connectivity index (χ2v) is 5.00. The van der Waals surface area contributed by atoms with Gasteiger partial charge in [-0.25, -0.2) is 0 Å². The average Bonchev–Trinajstić information content (AvgIpc) is 2.58. The fourth-order valence-electron chi connectivity index (χ4n) is 0.807. The molecular formula is C10H10BrNOS. The van der Waals surface area contributed by atoms with E-state index in [1.807, 2.05) is 12.1 Å². The van der Waals surface area contributed by atoms with Crippen molar-refractivity contribution in [2.75, 3.05) is 6.54 Å². The van der Waals surface area contributed by atoms with E-state index in [-0.39, 0.29) is 5.91 Å². The fourth-order valence-corrected chi connectivity index (χ4v) is 2.13. The van der Waals surface area contributed by atoms with Crippen molar-refractivity contribution in [3.63, 3.8) is 0 Å². The van der Waals surface area contributed by atoms with Crippen molar-refractivity contribution in [3.05, 3.63) is 39.5 Å². The second-order valence-electron chi connectivity index (χ2n) is 2.51. The minimum absolute atomic E-state index is 0.102. The third-order valence-corrected chi connectivity index (χ3v) is 3.00. The summed E-state index contributed by atoms with van der Waals surface area (Å²) in [5, 5.41) is 2.66. The van der Waals surface area contributed by atoms with Gasteiger partial charge >= 0.3 is 0 Å². The molecule has 0 unspecified atom stereocenters. The molecule has 0 aliphatic heterocycles. The molecule has 0 saturated heterocycles. The normalized spacial score (nSPS) is 10.4. The molecule has 0 spiro atoms. The smallest absolute Gasteiger partial charge is 0.244 e. The molecule has 2 nitrogen and oxygen atoms in total. The first kappa shape index (κ1) is 11.2. The lowest BCUT2D eigenvalue weighted by Crippen LogP contribution is -2.20. The molecule has 0 bridgehead atoms. The van der Waals surface area contributed by atoms with E-state index in [1.54, 1.807) is 23.5 Å². The highest BCUT2D eigenvalue weighted by molar-refractivity contribution is 9.11. The molecule has 74 valence electrons. The van der Waals surface area contributed by atoms with Crippen molar-refractivity contribution < 1.29 is 4.79 Å². The Balaban J connectivity index is 2.47. The van der Waals surface area contributed by atoms with Crippen LogP contribution < -0.4 is 5.32 Å². The van der Waals surface area contributed by atoms with Crippen LogP contribution in [0.1, 0.15) is 4.88 Å². The Bertz CT molecular complexity index is 357. The van der Waals surface area contributed by atoms with Gasteiger partial charge in [-0.05, 0) is 34.1 Å². The quantitative estimate of drug-likeness (QED) is 0.662. The number of carbonyl (C=O) groups excluding carboxylic acids is 1.